The molecule has 0 aromatic heterocycles. The Hall–Kier alpha value is -0.550. The van der Waals surface area contributed by atoms with E-state index in [0.717, 1.165) is 0 Å². The third-order valence-electron chi connectivity index (χ3n) is 5.04. The van der Waals surface area contributed by atoms with E-state index in [9.17, 15) is 75.5 Å². The number of nitrogens with one attached hydrogen (secondary N) is 2. The lowest BCUT2D eigenvalue weighted by molar-refractivity contribution is 0.292. The van der Waals surface area contributed by atoms with Gasteiger partial charge in [0, 0.05) is 24.2 Å². The molecule has 0 aliphatic heterocycles. The molecule has 0 saturated heterocycles. The van der Waals surface area contributed by atoms with Crippen LogP contribution in [0.15, 0.2) is 17.0 Å². The second kappa shape index (κ2) is 9.97. The number of phenols is 1. The molecule has 0 fully saturated rings. The lowest BCUT2D eigenvalue weighted by atomic mass is 10.1. The Labute approximate surface area is 197 Å². The van der Waals surface area contributed by atoms with Gasteiger partial charge in [-0.3, -0.25) is 33.4 Å². The van der Waals surface area contributed by atoms with E-state index in [1.165, 1.54) is 0 Å². The van der Waals surface area contributed by atoms with E-state index in [2.05, 4.69) is 0 Å². The summed E-state index contributed by atoms with van der Waals surface area (Å²) in [6, 6.07) is 1.10. The molecule has 0 aliphatic rings. The van der Waals surface area contributed by atoms with Crippen molar-refractivity contribution in [1.29, 1.82) is 0 Å². The van der Waals surface area contributed by atoms with Gasteiger partial charge in [-0.1, -0.05) is 0 Å². The maximum Gasteiger partial charge on any atom is 0.357 e. The molecular weight excluding hydrogens is 584 g/mol. The summed E-state index contributed by atoms with van der Waals surface area (Å²) in [6.07, 6.45) is 0. The number of hydrogen-bond acceptors (Lipinski definition) is 9. The minimum absolute atomic E-state index is 0.451. The molecule has 0 spiro atoms. The van der Waals surface area contributed by atoms with Crippen LogP contribution in [0.1, 0.15) is 25.0 Å². The van der Waals surface area contributed by atoms with Gasteiger partial charge in [-0.25, -0.2) is 0 Å². The third kappa shape index (κ3) is 6.86. The number of aromatic hydroxyl groups is 1. The highest BCUT2D eigenvalue weighted by Gasteiger charge is 2.57. The second-order valence-electron chi connectivity index (χ2n) is 7.49. The number of rotatable bonds is 11. The van der Waals surface area contributed by atoms with Crippen molar-refractivity contribution >= 4 is 40.5 Å². The van der Waals surface area contributed by atoms with E-state index in [-0.39, 0.29) is 0 Å². The molecule has 0 aliphatic carbocycles. The van der Waals surface area contributed by atoms with Crippen LogP contribution in [0.2, 0.25) is 0 Å². The molecule has 0 amide bonds. The van der Waals surface area contributed by atoms with Crippen molar-refractivity contribution in [1.82, 2.24) is 10.6 Å². The van der Waals surface area contributed by atoms with Crippen molar-refractivity contribution in [2.24, 2.45) is 0 Å². The summed E-state index contributed by atoms with van der Waals surface area (Å²) >= 11 is 0. The summed E-state index contributed by atoms with van der Waals surface area (Å²) in [7, 11) is -27.5. The number of hydrogen-bond donors (Lipinski definition) is 12. The Kier molecular flexibility index (Phi) is 9.25. The van der Waals surface area contributed by atoms with Crippen molar-refractivity contribution < 1.29 is 75.5 Å². The fraction of sp³-hybridized carbons (Fsp3) is 0.500. The van der Waals surface area contributed by atoms with Crippen molar-refractivity contribution in [3.05, 3.63) is 23.3 Å². The predicted molar refractivity (Wildman–Crippen MR) is 117 cm³/mol. The zero-order chi connectivity index (χ0) is 28.1. The van der Waals surface area contributed by atoms with Gasteiger partial charge in [0.05, 0.1) is 4.90 Å². The summed E-state index contributed by atoms with van der Waals surface area (Å²) in [5.74, 6) is -0.977. The summed E-state index contributed by atoms with van der Waals surface area (Å²) < 4.78 is 79.3. The monoisotopic (exact) mass is 608 g/mol. The molecule has 1 aromatic carbocycles. The summed E-state index contributed by atoms with van der Waals surface area (Å²) in [4.78, 5) is 74.1. The van der Waals surface area contributed by atoms with Crippen LogP contribution in [0.5, 0.6) is 5.75 Å². The number of benzene rings is 1. The molecule has 1 rings (SSSR count). The highest BCUT2D eigenvalue weighted by molar-refractivity contribution is 7.85. The van der Waals surface area contributed by atoms with Crippen molar-refractivity contribution in [2.75, 3.05) is 0 Å². The van der Waals surface area contributed by atoms with Gasteiger partial charge in [0.15, 0.2) is 0 Å². The van der Waals surface area contributed by atoms with Gasteiger partial charge >= 0.3 is 30.4 Å². The molecule has 204 valence electrons. The normalized spacial score (nSPS) is 14.8. The molecule has 0 unspecified atom stereocenters. The highest BCUT2D eigenvalue weighted by atomic mass is 32.2. The van der Waals surface area contributed by atoms with Crippen LogP contribution in [0.25, 0.3) is 0 Å². The van der Waals surface area contributed by atoms with Gasteiger partial charge < -0.3 is 44.3 Å². The Bertz CT molecular complexity index is 1150. The molecule has 0 atom stereocenters. The van der Waals surface area contributed by atoms with Crippen LogP contribution in [0, 0.1) is 0 Å². The minimum atomic E-state index is -5.60. The van der Waals surface area contributed by atoms with E-state index in [4.69, 9.17) is 0 Å². The number of phenolic OH excluding ortho intramolecular Hbond substituents is 1. The first-order chi connectivity index (χ1) is 15.2. The van der Waals surface area contributed by atoms with Crippen LogP contribution in [-0.4, -0.2) is 67.3 Å². The molecular formula is C12H24N2O16P4S. The Morgan fingerprint density at radius 3 is 1.17 bits per heavy atom. The third-order valence-corrected chi connectivity index (χ3v) is 14.2. The van der Waals surface area contributed by atoms with Crippen molar-refractivity contribution in [3.8, 4) is 5.75 Å². The fourth-order valence-electron chi connectivity index (χ4n) is 2.42. The van der Waals surface area contributed by atoms with Crippen LogP contribution >= 0.6 is 30.4 Å². The molecule has 0 heterocycles. The maximum absolute atomic E-state index is 11.7. The second-order valence-corrected chi connectivity index (χ2v) is 17.5. The first-order valence-electron chi connectivity index (χ1n) is 8.74. The smallest absolute Gasteiger partial charge is 0.357 e. The van der Waals surface area contributed by atoms with Gasteiger partial charge in [-0.05, 0) is 26.0 Å². The molecule has 0 radical (unpaired) electrons. The quantitative estimate of drug-likeness (QED) is 0.104. The maximum atomic E-state index is 11.7. The average molecular weight is 608 g/mol. The Morgan fingerprint density at radius 2 is 0.971 bits per heavy atom. The first-order valence-corrected chi connectivity index (χ1v) is 16.6. The molecule has 0 saturated carbocycles. The molecule has 18 nitrogen and oxygen atoms in total. The van der Waals surface area contributed by atoms with Crippen LogP contribution < -0.4 is 10.6 Å². The largest absolute Gasteiger partial charge is 0.507 e. The zero-order valence-corrected chi connectivity index (χ0v) is 22.1. The lowest BCUT2D eigenvalue weighted by Gasteiger charge is -2.32. The van der Waals surface area contributed by atoms with E-state index in [0.29, 0.717) is 26.0 Å². The SMILES string of the molecule is CC(NCc1cc(S(=O)(=O)O)cc(CNC(C)(P(=O)(O)O)P(=O)(O)O)c1O)(P(=O)(O)O)P(=O)(O)O. The van der Waals surface area contributed by atoms with Gasteiger partial charge in [0.2, 0.25) is 10.0 Å². The van der Waals surface area contributed by atoms with Crippen LogP contribution in [-0.2, 0) is 41.5 Å². The predicted octanol–water partition coefficient (Wildman–Crippen LogP) is -1.12. The molecule has 23 heteroatoms. The highest BCUT2D eigenvalue weighted by Crippen LogP contribution is 2.68. The van der Waals surface area contributed by atoms with Gasteiger partial charge in [-0.15, -0.1) is 0 Å². The van der Waals surface area contributed by atoms with Gasteiger partial charge in [0.1, 0.15) is 5.75 Å². The molecule has 0 bridgehead atoms. The zero-order valence-electron chi connectivity index (χ0n) is 17.7. The molecule has 12 N–H and O–H groups in total. The van der Waals surface area contributed by atoms with E-state index < -0.39 is 85.4 Å². The minimum Gasteiger partial charge on any atom is -0.507 e. The van der Waals surface area contributed by atoms with E-state index >= 15 is 0 Å². The molecule has 35 heavy (non-hydrogen) atoms. The fourth-order valence-corrected chi connectivity index (χ4v) is 6.86. The van der Waals surface area contributed by atoms with E-state index in [1.807, 2.05) is 10.6 Å². The standard InChI is InChI=1S/C12H24N2O16P4S/c1-11(31(16,17)18,32(19,20)21)13-5-7-3-9(35(28,29)30)4-8(10(7)15)6-14-12(2,33(22,23)24)34(25,26)27/h3-4,13-15H,5-6H2,1-2H3,(H2,16,17,18)(H2,19,20,21)(H2,22,23,24)(H2,25,26,27)(H,28,29,30). The topological polar surface area (TPSA) is 329 Å². The van der Waals surface area contributed by atoms with Crippen LogP contribution in [0.3, 0.4) is 0 Å². The van der Waals surface area contributed by atoms with Crippen molar-refractivity contribution in [2.45, 2.75) is 41.9 Å². The van der Waals surface area contributed by atoms with Crippen LogP contribution in [0.4, 0.5) is 0 Å². The van der Waals surface area contributed by atoms with Gasteiger partial charge in [0.25, 0.3) is 10.1 Å². The first kappa shape index (κ1) is 32.5. The Balaban J connectivity index is 3.60. The summed E-state index contributed by atoms with van der Waals surface area (Å²) in [6.45, 7) is -1.18. The Morgan fingerprint density at radius 1 is 0.714 bits per heavy atom. The lowest BCUT2D eigenvalue weighted by Crippen LogP contribution is -2.42. The summed E-state index contributed by atoms with van der Waals surface area (Å²) in [5.41, 5.74) is -1.28. The average Bonchev–Trinajstić information content (AvgIpc) is 2.60. The summed E-state index contributed by atoms with van der Waals surface area (Å²) in [5, 5.41) is 7.69. The van der Waals surface area contributed by atoms with E-state index in [1.54, 1.807) is 0 Å². The van der Waals surface area contributed by atoms with Gasteiger partial charge in [-0.2, -0.15) is 8.42 Å². The van der Waals surface area contributed by atoms with Crippen molar-refractivity contribution in [3.63, 3.8) is 0 Å². The molecule has 1 aromatic rings.